The van der Waals surface area contributed by atoms with E-state index in [9.17, 15) is 4.79 Å². The Bertz CT molecular complexity index is 1060. The summed E-state index contributed by atoms with van der Waals surface area (Å²) in [5.74, 6) is 1.50. The molecule has 3 saturated heterocycles. The molecular formula is C23H24N4OS. The smallest absolute Gasteiger partial charge is 0.240 e. The Balaban J connectivity index is 1.23. The maximum atomic E-state index is 13.6. The minimum atomic E-state index is -0.243. The van der Waals surface area contributed by atoms with Crippen molar-refractivity contribution in [3.05, 3.63) is 66.4 Å². The van der Waals surface area contributed by atoms with Crippen molar-refractivity contribution >= 4 is 29.0 Å². The molecule has 0 radical (unpaired) electrons. The van der Waals surface area contributed by atoms with Gasteiger partial charge in [-0.15, -0.1) is 11.8 Å². The van der Waals surface area contributed by atoms with Crippen LogP contribution in [0.15, 0.2) is 60.8 Å². The molecule has 0 saturated carbocycles. The molecule has 0 aliphatic carbocycles. The molecule has 0 unspecified atom stereocenters. The average molecular weight is 405 g/mol. The number of hydrogen-bond acceptors (Lipinski definition) is 4. The second-order valence-electron chi connectivity index (χ2n) is 8.32. The molecule has 29 heavy (non-hydrogen) atoms. The highest BCUT2D eigenvalue weighted by molar-refractivity contribution is 8.02. The van der Waals surface area contributed by atoms with Gasteiger partial charge in [-0.05, 0) is 49.4 Å². The van der Waals surface area contributed by atoms with E-state index < -0.39 is 0 Å². The number of thioether (sulfide) groups is 1. The number of benzene rings is 1. The van der Waals surface area contributed by atoms with E-state index in [-0.39, 0.29) is 10.8 Å². The molecule has 3 aromatic rings. The number of pyridine rings is 1. The molecule has 3 aliphatic heterocycles. The van der Waals surface area contributed by atoms with Gasteiger partial charge in [0.15, 0.2) is 0 Å². The number of hydrogen-bond donors (Lipinski definition) is 0. The van der Waals surface area contributed by atoms with E-state index in [0.717, 1.165) is 50.1 Å². The van der Waals surface area contributed by atoms with Gasteiger partial charge in [-0.25, -0.2) is 4.52 Å². The molecule has 0 N–H and O–H groups in total. The molecule has 6 rings (SSSR count). The van der Waals surface area contributed by atoms with E-state index in [4.69, 9.17) is 0 Å². The van der Waals surface area contributed by atoms with Gasteiger partial charge < -0.3 is 9.80 Å². The normalized spacial score (nSPS) is 25.9. The Hall–Kier alpha value is -2.47. The van der Waals surface area contributed by atoms with Gasteiger partial charge in [-0.1, -0.05) is 36.4 Å². The van der Waals surface area contributed by atoms with Crippen LogP contribution in [0.25, 0.3) is 5.52 Å². The highest BCUT2D eigenvalue weighted by Crippen LogP contribution is 2.55. The predicted molar refractivity (Wildman–Crippen MR) is 116 cm³/mol. The molecule has 148 valence electrons. The zero-order valence-corrected chi connectivity index (χ0v) is 17.1. The van der Waals surface area contributed by atoms with Gasteiger partial charge in [-0.2, -0.15) is 5.10 Å². The third kappa shape index (κ3) is 2.61. The van der Waals surface area contributed by atoms with Crippen LogP contribution in [0, 0.1) is 0 Å². The fourth-order valence-corrected chi connectivity index (χ4v) is 7.07. The van der Waals surface area contributed by atoms with Crippen LogP contribution < -0.4 is 4.90 Å². The summed E-state index contributed by atoms with van der Waals surface area (Å²) in [6.07, 6.45) is 5.84. The summed E-state index contributed by atoms with van der Waals surface area (Å²) in [5, 5.41) is 4.82. The third-order valence-electron chi connectivity index (χ3n) is 6.80. The van der Waals surface area contributed by atoms with Crippen molar-refractivity contribution in [3.8, 4) is 0 Å². The largest absolute Gasteiger partial charge is 0.356 e. The lowest BCUT2D eigenvalue weighted by Crippen LogP contribution is -2.48. The standard InChI is InChI=1S/C23H24N4OS/c28-22-23(29-21-10-9-19(26(21)22)17-5-2-1-3-6-17)12-15-25(16-13-23)20-8-4-7-18-11-14-24-27(18)20/h1-8,11,14,19,21H,9-10,12-13,15-16H2/t19-,21+/m1/s1. The van der Waals surface area contributed by atoms with Crippen LogP contribution in [-0.2, 0) is 4.79 Å². The summed E-state index contributed by atoms with van der Waals surface area (Å²) in [7, 11) is 0. The number of fused-ring (bicyclic) bond motifs is 2. The van der Waals surface area contributed by atoms with Crippen LogP contribution in [0.3, 0.4) is 0 Å². The number of aromatic nitrogens is 2. The van der Waals surface area contributed by atoms with Crippen molar-refractivity contribution in [2.45, 2.75) is 41.8 Å². The first-order chi connectivity index (χ1) is 14.3. The SMILES string of the molecule is O=C1N2[C@H](CC[C@@H]2c2ccccc2)SC12CCN(c1cccc3ccnn13)CC2. The summed E-state index contributed by atoms with van der Waals surface area (Å²) in [6.45, 7) is 1.79. The van der Waals surface area contributed by atoms with Crippen molar-refractivity contribution in [2.75, 3.05) is 18.0 Å². The minimum absolute atomic E-state index is 0.243. The molecule has 1 spiro atoms. The molecule has 1 amide bonds. The fraction of sp³-hybridized carbons (Fsp3) is 0.391. The number of rotatable bonds is 2. The Morgan fingerprint density at radius 3 is 2.62 bits per heavy atom. The first-order valence-electron chi connectivity index (χ1n) is 10.5. The molecule has 6 heteroatoms. The summed E-state index contributed by atoms with van der Waals surface area (Å²) in [5.41, 5.74) is 2.39. The molecule has 1 aromatic carbocycles. The zero-order chi connectivity index (χ0) is 19.4. The molecule has 2 aromatic heterocycles. The van der Waals surface area contributed by atoms with Gasteiger partial charge in [0.05, 0.1) is 23.1 Å². The van der Waals surface area contributed by atoms with Gasteiger partial charge in [0.25, 0.3) is 0 Å². The van der Waals surface area contributed by atoms with Gasteiger partial charge in [0.2, 0.25) is 5.91 Å². The van der Waals surface area contributed by atoms with Crippen LogP contribution in [0.1, 0.15) is 37.3 Å². The van der Waals surface area contributed by atoms with Crippen LogP contribution in [0.5, 0.6) is 0 Å². The number of amides is 1. The lowest BCUT2D eigenvalue weighted by Gasteiger charge is -2.39. The van der Waals surface area contributed by atoms with Crippen LogP contribution in [-0.4, -0.2) is 43.6 Å². The maximum Gasteiger partial charge on any atom is 0.240 e. The number of nitrogens with zero attached hydrogens (tertiary/aromatic N) is 4. The van der Waals surface area contributed by atoms with Crippen molar-refractivity contribution < 1.29 is 4.79 Å². The molecule has 5 heterocycles. The monoisotopic (exact) mass is 404 g/mol. The summed E-state index contributed by atoms with van der Waals surface area (Å²) >= 11 is 1.94. The highest BCUT2D eigenvalue weighted by Gasteiger charge is 2.57. The van der Waals surface area contributed by atoms with E-state index in [0.29, 0.717) is 11.3 Å². The van der Waals surface area contributed by atoms with Gasteiger partial charge >= 0.3 is 0 Å². The van der Waals surface area contributed by atoms with Gasteiger partial charge in [0, 0.05) is 13.1 Å². The predicted octanol–water partition coefficient (Wildman–Crippen LogP) is 4.11. The van der Waals surface area contributed by atoms with E-state index in [1.165, 1.54) is 5.56 Å². The van der Waals surface area contributed by atoms with E-state index in [1.54, 1.807) is 0 Å². The quantitative estimate of drug-likeness (QED) is 0.645. The van der Waals surface area contributed by atoms with Crippen molar-refractivity contribution in [3.63, 3.8) is 0 Å². The molecule has 0 bridgehead atoms. The number of anilines is 1. The second kappa shape index (κ2) is 6.52. The number of carbonyl (C=O) groups is 1. The minimum Gasteiger partial charge on any atom is -0.356 e. The molecule has 3 aliphatic rings. The first-order valence-corrected chi connectivity index (χ1v) is 11.4. The summed E-state index contributed by atoms with van der Waals surface area (Å²) in [6, 6.07) is 19.1. The third-order valence-corrected chi connectivity index (χ3v) is 8.57. The topological polar surface area (TPSA) is 40.9 Å². The first kappa shape index (κ1) is 17.4. The number of carbonyl (C=O) groups excluding carboxylic acids is 1. The van der Waals surface area contributed by atoms with Gasteiger partial charge in [-0.3, -0.25) is 4.79 Å². The molecule has 3 fully saturated rings. The lowest BCUT2D eigenvalue weighted by atomic mass is 9.93. The van der Waals surface area contributed by atoms with Crippen LogP contribution >= 0.6 is 11.8 Å². The van der Waals surface area contributed by atoms with Crippen LogP contribution in [0.4, 0.5) is 5.82 Å². The van der Waals surface area contributed by atoms with E-state index >= 15 is 0 Å². The second-order valence-corrected chi connectivity index (χ2v) is 9.88. The summed E-state index contributed by atoms with van der Waals surface area (Å²) in [4.78, 5) is 18.2. The highest BCUT2D eigenvalue weighted by atomic mass is 32.2. The maximum absolute atomic E-state index is 13.6. The van der Waals surface area contributed by atoms with Crippen molar-refractivity contribution in [1.29, 1.82) is 0 Å². The Morgan fingerprint density at radius 2 is 1.79 bits per heavy atom. The van der Waals surface area contributed by atoms with Crippen molar-refractivity contribution in [1.82, 2.24) is 14.5 Å². The van der Waals surface area contributed by atoms with Gasteiger partial charge in [0.1, 0.15) is 10.6 Å². The summed E-state index contributed by atoms with van der Waals surface area (Å²) < 4.78 is 1.76. The zero-order valence-electron chi connectivity index (χ0n) is 16.3. The molecule has 5 nitrogen and oxygen atoms in total. The lowest BCUT2D eigenvalue weighted by molar-refractivity contribution is -0.134. The van der Waals surface area contributed by atoms with E-state index in [2.05, 4.69) is 57.4 Å². The molecule has 2 atom stereocenters. The Labute approximate surface area is 174 Å². The number of piperidine rings is 1. The Kier molecular flexibility index (Phi) is 3.91. The van der Waals surface area contributed by atoms with Crippen molar-refractivity contribution in [2.24, 2.45) is 0 Å². The van der Waals surface area contributed by atoms with Crippen LogP contribution in [0.2, 0.25) is 0 Å². The Morgan fingerprint density at radius 1 is 0.966 bits per heavy atom. The van der Waals surface area contributed by atoms with E-state index in [1.807, 2.05) is 34.6 Å². The average Bonchev–Trinajstić information content (AvgIpc) is 3.46. The fourth-order valence-electron chi connectivity index (χ4n) is 5.32. The molecular weight excluding hydrogens is 380 g/mol.